The zero-order valence-electron chi connectivity index (χ0n) is 12.6. The second-order valence-electron chi connectivity index (χ2n) is 4.86. The molecule has 124 valence electrons. The van der Waals surface area contributed by atoms with E-state index in [1.54, 1.807) is 0 Å². The number of amidine groups is 1. The van der Waals surface area contributed by atoms with E-state index in [1.165, 1.54) is 11.8 Å². The number of halogens is 1. The molecule has 0 fully saturated rings. The third-order valence-corrected chi connectivity index (χ3v) is 3.68. The number of nitrogen functional groups attached to an aromatic ring is 1. The van der Waals surface area contributed by atoms with E-state index in [-0.39, 0.29) is 28.7 Å². The lowest BCUT2D eigenvalue weighted by Gasteiger charge is -2.12. The number of nitrogens with one attached hydrogen (secondary N) is 2. The average molecular weight is 357 g/mol. The highest BCUT2D eigenvalue weighted by molar-refractivity contribution is 8.14. The minimum Gasteiger partial charge on any atom is -0.382 e. The predicted molar refractivity (Wildman–Crippen MR) is 94.1 cm³/mol. The highest BCUT2D eigenvalue weighted by atomic mass is 35.5. The summed E-state index contributed by atoms with van der Waals surface area (Å²) in [4.78, 5) is 28.3. The molecule has 0 unspecified atom stereocenters. The Balaban J connectivity index is 2.14. The lowest BCUT2D eigenvalue weighted by atomic mass is 10.3. The number of rotatable bonds is 3. The monoisotopic (exact) mass is 356 g/mol. The first kappa shape index (κ1) is 17.3. The van der Waals surface area contributed by atoms with Crippen LogP contribution in [0.25, 0.3) is 0 Å². The van der Waals surface area contributed by atoms with Gasteiger partial charge in [0.15, 0.2) is 27.7 Å². The molecule has 2 heterocycles. The molecule has 1 amide bonds. The van der Waals surface area contributed by atoms with E-state index < -0.39 is 5.91 Å². The van der Waals surface area contributed by atoms with Gasteiger partial charge in [0.1, 0.15) is 0 Å². The number of nitrogens with two attached hydrogens (primary N) is 2. The fraction of sp³-hybridized carbons (Fsp3) is 0.417. The van der Waals surface area contributed by atoms with Crippen LogP contribution in [0.3, 0.4) is 0 Å². The van der Waals surface area contributed by atoms with E-state index in [0.717, 1.165) is 5.75 Å². The fourth-order valence-corrected chi connectivity index (χ4v) is 2.55. The van der Waals surface area contributed by atoms with Crippen molar-refractivity contribution in [1.29, 1.82) is 0 Å². The summed E-state index contributed by atoms with van der Waals surface area (Å²) in [5.74, 6) is 0.366. The molecule has 2 rings (SSSR count). The number of amides is 1. The first-order valence-electron chi connectivity index (χ1n) is 6.79. The molecule has 23 heavy (non-hydrogen) atoms. The molecule has 1 aromatic rings. The van der Waals surface area contributed by atoms with E-state index in [9.17, 15) is 4.79 Å². The molecule has 0 bridgehead atoms. The molecule has 1 aliphatic rings. The normalized spacial score (nSPS) is 14.8. The van der Waals surface area contributed by atoms with Crippen molar-refractivity contribution in [2.24, 2.45) is 15.7 Å². The van der Waals surface area contributed by atoms with Gasteiger partial charge in [0.25, 0.3) is 5.91 Å². The van der Waals surface area contributed by atoms with Crippen LogP contribution >= 0.6 is 23.4 Å². The lowest BCUT2D eigenvalue weighted by molar-refractivity contribution is 0.0972. The summed E-state index contributed by atoms with van der Waals surface area (Å²) in [5.41, 5.74) is 11.3. The van der Waals surface area contributed by atoms with Crippen molar-refractivity contribution in [3.8, 4) is 0 Å². The van der Waals surface area contributed by atoms with E-state index in [4.69, 9.17) is 23.1 Å². The number of aromatic nitrogens is 2. The maximum atomic E-state index is 12.2. The van der Waals surface area contributed by atoms with Crippen molar-refractivity contribution in [3.63, 3.8) is 0 Å². The SMILES string of the molecule is CC(C)Nc1nc(N)c(C(=O)NC(N)=NC2=NCCS2)nc1Cl. The Bertz CT molecular complexity index is 675. The van der Waals surface area contributed by atoms with Gasteiger partial charge in [0, 0.05) is 11.8 Å². The summed E-state index contributed by atoms with van der Waals surface area (Å²) in [6.07, 6.45) is 0. The Labute approximate surface area is 142 Å². The van der Waals surface area contributed by atoms with E-state index in [2.05, 4.69) is 30.6 Å². The van der Waals surface area contributed by atoms with Crippen molar-refractivity contribution in [2.45, 2.75) is 19.9 Å². The van der Waals surface area contributed by atoms with Gasteiger partial charge < -0.3 is 16.8 Å². The van der Waals surface area contributed by atoms with Crippen LogP contribution in [0, 0.1) is 0 Å². The molecule has 0 aliphatic carbocycles. The van der Waals surface area contributed by atoms with Gasteiger partial charge in [-0.15, -0.1) is 0 Å². The van der Waals surface area contributed by atoms with Crippen molar-refractivity contribution in [1.82, 2.24) is 15.3 Å². The summed E-state index contributed by atoms with van der Waals surface area (Å²) in [6.45, 7) is 4.51. The molecule has 11 heteroatoms. The molecule has 0 atom stereocenters. The maximum absolute atomic E-state index is 12.2. The minimum atomic E-state index is -0.641. The topological polar surface area (TPSA) is 144 Å². The minimum absolute atomic E-state index is 0.0456. The molecule has 0 saturated carbocycles. The number of guanidine groups is 1. The molecule has 0 saturated heterocycles. The van der Waals surface area contributed by atoms with Crippen LogP contribution in [0.15, 0.2) is 9.98 Å². The number of thioether (sulfide) groups is 1. The predicted octanol–water partition coefficient (Wildman–Crippen LogP) is 0.680. The average Bonchev–Trinajstić information content (AvgIpc) is 2.94. The second kappa shape index (κ2) is 7.47. The van der Waals surface area contributed by atoms with Gasteiger partial charge in [-0.3, -0.25) is 15.1 Å². The molecule has 9 nitrogen and oxygen atoms in total. The largest absolute Gasteiger partial charge is 0.382 e. The van der Waals surface area contributed by atoms with Crippen molar-refractivity contribution in [3.05, 3.63) is 10.8 Å². The Morgan fingerprint density at radius 2 is 2.17 bits per heavy atom. The third-order valence-electron chi connectivity index (χ3n) is 2.55. The molecule has 0 aromatic carbocycles. The van der Waals surface area contributed by atoms with Crippen LogP contribution in [0.4, 0.5) is 11.6 Å². The Morgan fingerprint density at radius 1 is 1.43 bits per heavy atom. The van der Waals surface area contributed by atoms with Crippen molar-refractivity contribution in [2.75, 3.05) is 23.3 Å². The van der Waals surface area contributed by atoms with Gasteiger partial charge in [0.05, 0.1) is 6.54 Å². The van der Waals surface area contributed by atoms with Gasteiger partial charge >= 0.3 is 0 Å². The number of carbonyl (C=O) groups is 1. The molecule has 1 aromatic heterocycles. The van der Waals surface area contributed by atoms with Crippen LogP contribution in [-0.4, -0.2) is 45.3 Å². The highest BCUT2D eigenvalue weighted by Crippen LogP contribution is 2.21. The van der Waals surface area contributed by atoms with Crippen LogP contribution in [0.2, 0.25) is 5.15 Å². The van der Waals surface area contributed by atoms with E-state index >= 15 is 0 Å². The molecule has 1 aliphatic heterocycles. The summed E-state index contributed by atoms with van der Waals surface area (Å²) >= 11 is 7.46. The van der Waals surface area contributed by atoms with E-state index in [1.807, 2.05) is 13.8 Å². The lowest BCUT2D eigenvalue weighted by Crippen LogP contribution is -2.38. The first-order chi connectivity index (χ1) is 10.9. The molecular formula is C12H17ClN8OS. The third kappa shape index (κ3) is 4.70. The smallest absolute Gasteiger partial charge is 0.280 e. The maximum Gasteiger partial charge on any atom is 0.280 e. The van der Waals surface area contributed by atoms with Gasteiger partial charge in [-0.1, -0.05) is 23.4 Å². The van der Waals surface area contributed by atoms with Crippen molar-refractivity contribution < 1.29 is 4.79 Å². The molecule has 0 spiro atoms. The Morgan fingerprint density at radius 3 is 2.78 bits per heavy atom. The Hall–Kier alpha value is -2.07. The fourth-order valence-electron chi connectivity index (χ4n) is 1.66. The van der Waals surface area contributed by atoms with Crippen LogP contribution in [-0.2, 0) is 0 Å². The van der Waals surface area contributed by atoms with E-state index in [0.29, 0.717) is 17.5 Å². The summed E-state index contributed by atoms with van der Waals surface area (Å²) < 4.78 is 0. The summed E-state index contributed by atoms with van der Waals surface area (Å²) in [5, 5.41) is 5.94. The second-order valence-corrected chi connectivity index (χ2v) is 6.28. The number of nitrogens with zero attached hydrogens (tertiary/aromatic N) is 4. The van der Waals surface area contributed by atoms with Crippen LogP contribution in [0.5, 0.6) is 0 Å². The Kier molecular flexibility index (Phi) is 5.61. The van der Waals surface area contributed by atoms with Gasteiger partial charge in [0.2, 0.25) is 5.96 Å². The molecule has 6 N–H and O–H groups in total. The summed E-state index contributed by atoms with van der Waals surface area (Å²) in [6, 6.07) is 0.0911. The number of carbonyl (C=O) groups excluding carboxylic acids is 1. The number of anilines is 2. The van der Waals surface area contributed by atoms with Crippen LogP contribution < -0.4 is 22.1 Å². The standard InChI is InChI=1S/C12H17ClN8OS/c1-5(2)17-9-7(13)18-6(8(14)19-9)10(22)20-11(15)21-12-16-3-4-23-12/h5H,3-4H2,1-2H3,(H3,14,17,19)(H3,15,16,20,21,22). The van der Waals surface area contributed by atoms with Crippen molar-refractivity contribution >= 4 is 52.0 Å². The highest BCUT2D eigenvalue weighted by Gasteiger charge is 2.18. The summed E-state index contributed by atoms with van der Waals surface area (Å²) in [7, 11) is 0. The van der Waals surface area contributed by atoms with Crippen LogP contribution in [0.1, 0.15) is 24.3 Å². The van der Waals surface area contributed by atoms with Gasteiger partial charge in [-0.25, -0.2) is 9.97 Å². The van der Waals surface area contributed by atoms with Gasteiger partial charge in [-0.05, 0) is 13.8 Å². The zero-order valence-corrected chi connectivity index (χ0v) is 14.2. The van der Waals surface area contributed by atoms with Gasteiger partial charge in [-0.2, -0.15) is 4.99 Å². The first-order valence-corrected chi connectivity index (χ1v) is 8.15. The quantitative estimate of drug-likeness (QED) is 0.460. The zero-order chi connectivity index (χ0) is 17.0. The molecule has 0 radical (unpaired) electrons. The number of aliphatic imine (C=N–C) groups is 2. The molecular weight excluding hydrogens is 340 g/mol. The number of hydrogen-bond acceptors (Lipinski definition) is 8. The number of hydrogen-bond donors (Lipinski definition) is 4.